The van der Waals surface area contributed by atoms with Crippen LogP contribution in [-0.2, 0) is 10.2 Å². The molecule has 0 atom stereocenters. The van der Waals surface area contributed by atoms with Gasteiger partial charge in [-0.1, -0.05) is 0 Å². The first-order valence-electron chi connectivity index (χ1n) is 5.56. The van der Waals surface area contributed by atoms with E-state index in [0.717, 1.165) is 12.1 Å². The number of carbonyl (C=O) groups is 1. The van der Waals surface area contributed by atoms with E-state index in [1.54, 1.807) is 0 Å². The van der Waals surface area contributed by atoms with Crippen LogP contribution in [0.2, 0.25) is 0 Å². The second-order valence-electron chi connectivity index (χ2n) is 4.70. The van der Waals surface area contributed by atoms with Gasteiger partial charge in [0, 0.05) is 5.56 Å². The number of carboxylic acids is 1. The lowest BCUT2D eigenvalue weighted by Gasteiger charge is -2.15. The maximum Gasteiger partial charge on any atom is 0.316 e. The van der Waals surface area contributed by atoms with Crippen LogP contribution in [0.5, 0.6) is 0 Å². The molecule has 6 heteroatoms. The molecule has 0 aliphatic heterocycles. The minimum absolute atomic E-state index is 0.250. The number of aromatic nitrogens is 2. The summed E-state index contributed by atoms with van der Waals surface area (Å²) in [5, 5.41) is 9.09. The van der Waals surface area contributed by atoms with Gasteiger partial charge in [-0.05, 0) is 32.0 Å². The van der Waals surface area contributed by atoms with Crippen molar-refractivity contribution in [3.05, 3.63) is 41.9 Å². The molecule has 2 aromatic rings. The molecule has 1 heterocycles. The van der Waals surface area contributed by atoms with Crippen LogP contribution < -0.4 is 0 Å². The molecule has 0 saturated heterocycles. The largest absolute Gasteiger partial charge is 0.481 e. The van der Waals surface area contributed by atoms with E-state index < -0.39 is 23.0 Å². The maximum absolute atomic E-state index is 13.1. The highest BCUT2D eigenvalue weighted by Crippen LogP contribution is 2.25. The first kappa shape index (κ1) is 13.2. The Hall–Kier alpha value is -2.24. The summed E-state index contributed by atoms with van der Waals surface area (Å²) in [4.78, 5) is 17.9. The highest BCUT2D eigenvalue weighted by molar-refractivity contribution is 5.79. The van der Waals surface area contributed by atoms with E-state index in [0.29, 0.717) is 11.3 Å². The lowest BCUT2D eigenvalue weighted by atomic mass is 9.93. The molecular weight excluding hydrogens is 254 g/mol. The number of aromatic amines is 1. The van der Waals surface area contributed by atoms with Crippen molar-refractivity contribution in [2.75, 3.05) is 0 Å². The molecule has 0 bridgehead atoms. The van der Waals surface area contributed by atoms with Crippen LogP contribution >= 0.6 is 0 Å². The summed E-state index contributed by atoms with van der Waals surface area (Å²) in [6.45, 7) is 3.01. The standard InChI is InChI=1S/C13H12F2N2O2/c1-13(2,12(18)19)11-16-6-10(17-11)7-3-4-8(14)9(15)5-7/h3-6H,1-2H3,(H,16,17)(H,18,19). The van der Waals surface area contributed by atoms with Gasteiger partial charge in [-0.15, -0.1) is 0 Å². The monoisotopic (exact) mass is 266 g/mol. The van der Waals surface area contributed by atoms with Crippen molar-refractivity contribution in [2.45, 2.75) is 19.3 Å². The number of aliphatic carboxylic acids is 1. The molecule has 1 aromatic heterocycles. The van der Waals surface area contributed by atoms with Crippen LogP contribution in [0.25, 0.3) is 11.3 Å². The minimum Gasteiger partial charge on any atom is -0.481 e. The Bertz CT molecular complexity index is 635. The summed E-state index contributed by atoms with van der Waals surface area (Å²) in [5.74, 6) is -2.68. The number of nitrogens with zero attached hydrogens (tertiary/aromatic N) is 1. The number of H-pyrrole nitrogens is 1. The first-order valence-corrected chi connectivity index (χ1v) is 5.56. The van der Waals surface area contributed by atoms with Crippen LogP contribution in [0.15, 0.2) is 24.4 Å². The maximum atomic E-state index is 13.1. The number of benzene rings is 1. The lowest BCUT2D eigenvalue weighted by molar-refractivity contribution is -0.142. The fraction of sp³-hybridized carbons (Fsp3) is 0.231. The third-order valence-corrected chi connectivity index (χ3v) is 2.93. The highest BCUT2D eigenvalue weighted by atomic mass is 19.2. The molecule has 2 N–H and O–H groups in total. The Morgan fingerprint density at radius 3 is 2.58 bits per heavy atom. The lowest BCUT2D eigenvalue weighted by Crippen LogP contribution is -2.29. The van der Waals surface area contributed by atoms with Gasteiger partial charge in [0.1, 0.15) is 11.2 Å². The number of hydrogen-bond donors (Lipinski definition) is 2. The van der Waals surface area contributed by atoms with Crippen LogP contribution in [0.3, 0.4) is 0 Å². The molecule has 0 unspecified atom stereocenters. The average molecular weight is 266 g/mol. The molecule has 19 heavy (non-hydrogen) atoms. The van der Waals surface area contributed by atoms with Crippen molar-refractivity contribution >= 4 is 5.97 Å². The zero-order valence-electron chi connectivity index (χ0n) is 10.4. The zero-order chi connectivity index (χ0) is 14.2. The van der Waals surface area contributed by atoms with Crippen molar-refractivity contribution in [1.82, 2.24) is 9.97 Å². The van der Waals surface area contributed by atoms with Gasteiger partial charge in [0.05, 0.1) is 11.9 Å². The molecule has 0 spiro atoms. The van der Waals surface area contributed by atoms with Crippen molar-refractivity contribution in [3.63, 3.8) is 0 Å². The van der Waals surface area contributed by atoms with E-state index >= 15 is 0 Å². The fourth-order valence-electron chi connectivity index (χ4n) is 1.55. The van der Waals surface area contributed by atoms with Gasteiger partial charge in [-0.3, -0.25) is 4.79 Å². The Balaban J connectivity index is 2.41. The molecule has 0 fully saturated rings. The third-order valence-electron chi connectivity index (χ3n) is 2.93. The molecule has 0 radical (unpaired) electrons. The van der Waals surface area contributed by atoms with E-state index in [2.05, 4.69) is 9.97 Å². The Kier molecular flexibility index (Phi) is 3.09. The Morgan fingerprint density at radius 2 is 2.00 bits per heavy atom. The van der Waals surface area contributed by atoms with Crippen LogP contribution in [0.1, 0.15) is 19.7 Å². The van der Waals surface area contributed by atoms with E-state index in [9.17, 15) is 13.6 Å². The van der Waals surface area contributed by atoms with Crippen molar-refractivity contribution in [3.8, 4) is 11.3 Å². The number of nitrogens with one attached hydrogen (secondary N) is 1. The van der Waals surface area contributed by atoms with Gasteiger partial charge in [-0.25, -0.2) is 13.8 Å². The third kappa shape index (κ3) is 2.33. The first-order chi connectivity index (χ1) is 8.82. The fourth-order valence-corrected chi connectivity index (χ4v) is 1.55. The molecule has 0 amide bonds. The van der Waals surface area contributed by atoms with Gasteiger partial charge in [0.25, 0.3) is 0 Å². The van der Waals surface area contributed by atoms with Crippen molar-refractivity contribution < 1.29 is 18.7 Å². The Morgan fingerprint density at radius 1 is 1.32 bits per heavy atom. The van der Waals surface area contributed by atoms with Crippen molar-refractivity contribution in [2.24, 2.45) is 0 Å². The molecule has 1 aromatic carbocycles. The number of carboxylic acid groups (broad SMARTS) is 1. The summed E-state index contributed by atoms with van der Waals surface area (Å²) >= 11 is 0. The predicted octanol–water partition coefficient (Wildman–Crippen LogP) is 2.72. The summed E-state index contributed by atoms with van der Waals surface area (Å²) in [7, 11) is 0. The van der Waals surface area contributed by atoms with Gasteiger partial charge in [-0.2, -0.15) is 0 Å². The summed E-state index contributed by atoms with van der Waals surface area (Å²) < 4.78 is 26.0. The van der Waals surface area contributed by atoms with Crippen molar-refractivity contribution in [1.29, 1.82) is 0 Å². The Labute approximate surface area is 108 Å². The van der Waals surface area contributed by atoms with E-state index in [1.807, 2.05) is 0 Å². The predicted molar refractivity (Wildman–Crippen MR) is 64.6 cm³/mol. The van der Waals surface area contributed by atoms with Gasteiger partial charge in [0.15, 0.2) is 11.6 Å². The molecular formula is C13H12F2N2O2. The van der Waals surface area contributed by atoms with Crippen LogP contribution in [-0.4, -0.2) is 21.0 Å². The van der Waals surface area contributed by atoms with Gasteiger partial charge in [0.2, 0.25) is 0 Å². The number of halogens is 2. The SMILES string of the molecule is CC(C)(C(=O)O)c1ncc(-c2ccc(F)c(F)c2)[nH]1. The quantitative estimate of drug-likeness (QED) is 0.897. The molecule has 0 aliphatic rings. The topological polar surface area (TPSA) is 66.0 Å². The second-order valence-corrected chi connectivity index (χ2v) is 4.70. The zero-order valence-corrected chi connectivity index (χ0v) is 10.4. The normalized spacial score (nSPS) is 11.6. The number of hydrogen-bond acceptors (Lipinski definition) is 2. The van der Waals surface area contributed by atoms with Gasteiger partial charge >= 0.3 is 5.97 Å². The molecule has 4 nitrogen and oxygen atoms in total. The van der Waals surface area contributed by atoms with E-state index in [4.69, 9.17) is 5.11 Å². The minimum atomic E-state index is -1.18. The smallest absolute Gasteiger partial charge is 0.316 e. The number of rotatable bonds is 3. The summed E-state index contributed by atoms with van der Waals surface area (Å²) in [6.07, 6.45) is 1.40. The number of imidazole rings is 1. The van der Waals surface area contributed by atoms with Gasteiger partial charge < -0.3 is 10.1 Å². The van der Waals surface area contributed by atoms with E-state index in [-0.39, 0.29) is 5.82 Å². The highest BCUT2D eigenvalue weighted by Gasteiger charge is 2.32. The molecule has 100 valence electrons. The van der Waals surface area contributed by atoms with Crippen LogP contribution in [0, 0.1) is 11.6 Å². The average Bonchev–Trinajstić information content (AvgIpc) is 2.82. The summed E-state index contributed by atoms with van der Waals surface area (Å²) in [5.41, 5.74) is -0.348. The molecule has 2 rings (SSSR count). The van der Waals surface area contributed by atoms with E-state index in [1.165, 1.54) is 26.1 Å². The second kappa shape index (κ2) is 4.46. The summed E-state index contributed by atoms with van der Waals surface area (Å²) in [6, 6.07) is 3.43. The molecule has 0 aliphatic carbocycles. The molecule has 0 saturated carbocycles. The van der Waals surface area contributed by atoms with Crippen LogP contribution in [0.4, 0.5) is 8.78 Å².